The summed E-state index contributed by atoms with van der Waals surface area (Å²) in [6, 6.07) is 0. The summed E-state index contributed by atoms with van der Waals surface area (Å²) < 4.78 is 5.84. The fourth-order valence-corrected chi connectivity index (χ4v) is 6.69. The minimum Gasteiger partial charge on any atom is -0.481 e. The summed E-state index contributed by atoms with van der Waals surface area (Å²) >= 11 is 0. The molecule has 0 aromatic heterocycles. The molecule has 6 nitrogen and oxygen atoms in total. The number of rotatable bonds is 3. The van der Waals surface area contributed by atoms with Gasteiger partial charge in [0.1, 0.15) is 30.0 Å². The second-order valence-corrected chi connectivity index (χ2v) is 9.98. The van der Waals surface area contributed by atoms with Gasteiger partial charge in [-0.3, -0.25) is 4.79 Å². The fourth-order valence-electron chi connectivity index (χ4n) is 6.69. The van der Waals surface area contributed by atoms with Crippen LogP contribution in [-0.2, 0) is 9.53 Å². The predicted octanol–water partition coefficient (Wildman–Crippen LogP) is 2.03. The fraction of sp³-hybridized carbons (Fsp3) is 0.773. The van der Waals surface area contributed by atoms with E-state index in [9.17, 15) is 25.2 Å². The molecule has 2 saturated carbocycles. The third-order valence-electron chi connectivity index (χ3n) is 8.63. The molecule has 4 aliphatic rings. The summed E-state index contributed by atoms with van der Waals surface area (Å²) in [5, 5.41) is 41.5. The summed E-state index contributed by atoms with van der Waals surface area (Å²) in [5.74, 6) is -0.719. The van der Waals surface area contributed by atoms with Gasteiger partial charge in [0.2, 0.25) is 0 Å². The van der Waals surface area contributed by atoms with E-state index in [0.717, 1.165) is 19.3 Å². The van der Waals surface area contributed by atoms with Crippen molar-refractivity contribution in [1.82, 2.24) is 0 Å². The molecule has 28 heavy (non-hydrogen) atoms. The van der Waals surface area contributed by atoms with Crippen LogP contribution in [0.25, 0.3) is 0 Å². The second-order valence-electron chi connectivity index (χ2n) is 9.98. The molecule has 4 rings (SSSR count). The van der Waals surface area contributed by atoms with Gasteiger partial charge in [-0.15, -0.1) is 0 Å². The molecule has 156 valence electrons. The van der Waals surface area contributed by atoms with Gasteiger partial charge in [0.25, 0.3) is 0 Å². The lowest BCUT2D eigenvalue weighted by Gasteiger charge is -2.56. The number of hydrogen-bond acceptors (Lipinski definition) is 5. The predicted molar refractivity (Wildman–Crippen MR) is 102 cm³/mol. The Labute approximate surface area is 165 Å². The van der Waals surface area contributed by atoms with Gasteiger partial charge in [-0.25, -0.2) is 0 Å². The van der Waals surface area contributed by atoms with E-state index >= 15 is 0 Å². The van der Waals surface area contributed by atoms with E-state index in [2.05, 4.69) is 26.5 Å². The molecule has 0 bridgehead atoms. The van der Waals surface area contributed by atoms with Crippen LogP contribution in [0.5, 0.6) is 0 Å². The van der Waals surface area contributed by atoms with Crippen molar-refractivity contribution in [3.63, 3.8) is 0 Å². The molecular weight excluding hydrogens is 360 g/mol. The topological polar surface area (TPSA) is 111 Å². The van der Waals surface area contributed by atoms with Gasteiger partial charge in [0, 0.05) is 0 Å². The van der Waals surface area contributed by atoms with Crippen molar-refractivity contribution in [2.45, 2.75) is 82.9 Å². The summed E-state index contributed by atoms with van der Waals surface area (Å²) in [4.78, 5) is 12.1. The molecule has 0 radical (unpaired) electrons. The maximum absolute atomic E-state index is 12.1. The number of carboxylic acid groups (broad SMARTS) is 1. The second kappa shape index (κ2) is 6.14. The van der Waals surface area contributed by atoms with Crippen LogP contribution in [-0.4, -0.2) is 56.4 Å². The number of carbonyl (C=O) groups is 1. The Morgan fingerprint density at radius 3 is 2.57 bits per heavy atom. The largest absolute Gasteiger partial charge is 0.481 e. The third-order valence-corrected chi connectivity index (χ3v) is 8.63. The molecule has 3 fully saturated rings. The number of aliphatic carboxylic acids is 1. The first-order valence-corrected chi connectivity index (χ1v) is 10.3. The third kappa shape index (κ3) is 2.44. The Bertz CT molecular complexity index is 745. The molecule has 0 unspecified atom stereocenters. The molecule has 0 aromatic rings. The SMILES string of the molecule is C=C1[C@@H](O)[C@@H]2O[C@@]2(C[C@@H]2C(C)=CC[C@H]3[C@]2(C)CCC[C@@]3(C)C(=O)O)[C@@H](O)[C@H]1O. The quantitative estimate of drug-likeness (QED) is 0.432. The average Bonchev–Trinajstić information content (AvgIpc) is 3.37. The van der Waals surface area contributed by atoms with E-state index in [1.54, 1.807) is 0 Å². The van der Waals surface area contributed by atoms with E-state index in [1.165, 1.54) is 5.57 Å². The van der Waals surface area contributed by atoms with Gasteiger partial charge in [0.05, 0.1) is 5.41 Å². The maximum atomic E-state index is 12.1. The van der Waals surface area contributed by atoms with E-state index in [4.69, 9.17) is 4.74 Å². The average molecular weight is 392 g/mol. The van der Waals surface area contributed by atoms with E-state index in [1.807, 2.05) is 6.92 Å². The first-order valence-electron chi connectivity index (χ1n) is 10.3. The lowest BCUT2D eigenvalue weighted by Crippen LogP contribution is -2.56. The van der Waals surface area contributed by atoms with Crippen LogP contribution in [0, 0.1) is 22.7 Å². The van der Waals surface area contributed by atoms with Crippen molar-refractivity contribution in [2.75, 3.05) is 0 Å². The van der Waals surface area contributed by atoms with Crippen LogP contribution < -0.4 is 0 Å². The molecule has 0 amide bonds. The number of aliphatic hydroxyl groups excluding tert-OH is 3. The summed E-state index contributed by atoms with van der Waals surface area (Å²) in [7, 11) is 0. The minimum atomic E-state index is -1.22. The molecule has 1 aliphatic heterocycles. The van der Waals surface area contributed by atoms with Gasteiger partial charge in [-0.1, -0.05) is 31.6 Å². The van der Waals surface area contributed by atoms with Crippen LogP contribution in [0.15, 0.2) is 23.8 Å². The molecule has 4 N–H and O–H groups in total. The van der Waals surface area contributed by atoms with Crippen molar-refractivity contribution >= 4 is 5.97 Å². The number of allylic oxidation sites excluding steroid dienone is 2. The van der Waals surface area contributed by atoms with E-state index < -0.39 is 41.4 Å². The highest BCUT2D eigenvalue weighted by atomic mass is 16.6. The van der Waals surface area contributed by atoms with Crippen molar-refractivity contribution in [1.29, 1.82) is 0 Å². The number of ether oxygens (including phenoxy) is 1. The first kappa shape index (κ1) is 20.1. The molecule has 1 saturated heterocycles. The molecule has 6 heteroatoms. The highest BCUT2D eigenvalue weighted by molar-refractivity contribution is 5.75. The van der Waals surface area contributed by atoms with Gasteiger partial charge in [-0.2, -0.15) is 0 Å². The van der Waals surface area contributed by atoms with Crippen LogP contribution >= 0.6 is 0 Å². The number of aliphatic hydroxyl groups is 3. The van der Waals surface area contributed by atoms with Gasteiger partial charge >= 0.3 is 5.97 Å². The zero-order valence-electron chi connectivity index (χ0n) is 16.9. The van der Waals surface area contributed by atoms with Crippen LogP contribution in [0.2, 0.25) is 0 Å². The zero-order valence-corrected chi connectivity index (χ0v) is 16.9. The minimum absolute atomic E-state index is 0.000837. The van der Waals surface area contributed by atoms with Crippen molar-refractivity contribution in [2.24, 2.45) is 22.7 Å². The number of carboxylic acids is 1. The highest BCUT2D eigenvalue weighted by Gasteiger charge is 2.71. The van der Waals surface area contributed by atoms with Crippen molar-refractivity contribution in [3.05, 3.63) is 23.8 Å². The summed E-state index contributed by atoms with van der Waals surface area (Å²) in [6.45, 7) is 9.80. The van der Waals surface area contributed by atoms with Crippen LogP contribution in [0.3, 0.4) is 0 Å². The Kier molecular flexibility index (Phi) is 4.41. The maximum Gasteiger partial charge on any atom is 0.309 e. The monoisotopic (exact) mass is 392 g/mol. The van der Waals surface area contributed by atoms with Crippen LogP contribution in [0.1, 0.15) is 52.9 Å². The Balaban J connectivity index is 1.68. The lowest BCUT2D eigenvalue weighted by molar-refractivity contribution is -0.163. The summed E-state index contributed by atoms with van der Waals surface area (Å²) in [6.07, 6.45) is 1.86. The normalized spacial score (nSPS) is 53.1. The molecule has 0 spiro atoms. The highest BCUT2D eigenvalue weighted by Crippen LogP contribution is 2.64. The molecule has 3 aliphatic carbocycles. The standard InChI is InChI=1S/C22H32O6/c1-11-6-7-14-20(3,8-5-9-21(14,4)19(26)27)13(11)10-22-17(25)15(23)12(2)16(24)18(22)28-22/h6,13-18,23-25H,2,5,7-10H2,1,3-4H3,(H,26,27)/t13-,14+,15+,16-,17+,18+,20-,21-,22+/m1/s1. The number of epoxide rings is 1. The van der Waals surface area contributed by atoms with Gasteiger partial charge in [0.15, 0.2) is 0 Å². The van der Waals surface area contributed by atoms with E-state index in [-0.39, 0.29) is 22.8 Å². The van der Waals surface area contributed by atoms with Gasteiger partial charge < -0.3 is 25.2 Å². The van der Waals surface area contributed by atoms with Crippen molar-refractivity contribution < 1.29 is 30.0 Å². The molecule has 1 heterocycles. The van der Waals surface area contributed by atoms with E-state index in [0.29, 0.717) is 12.8 Å². The summed E-state index contributed by atoms with van der Waals surface area (Å²) in [5.41, 5.74) is -0.636. The Morgan fingerprint density at radius 2 is 1.93 bits per heavy atom. The first-order chi connectivity index (χ1) is 13.0. The number of fused-ring (bicyclic) bond motifs is 2. The Hall–Kier alpha value is -1.21. The molecular formula is C22H32O6. The molecule has 9 atom stereocenters. The smallest absolute Gasteiger partial charge is 0.309 e. The zero-order chi connectivity index (χ0) is 20.6. The van der Waals surface area contributed by atoms with Crippen molar-refractivity contribution in [3.8, 4) is 0 Å². The molecule has 0 aromatic carbocycles. The Morgan fingerprint density at radius 1 is 1.25 bits per heavy atom. The van der Waals surface area contributed by atoms with Crippen LogP contribution in [0.4, 0.5) is 0 Å². The van der Waals surface area contributed by atoms with Gasteiger partial charge in [-0.05, 0) is 62.4 Å². The number of hydrogen-bond donors (Lipinski definition) is 4. The lowest BCUT2D eigenvalue weighted by atomic mass is 9.47.